The van der Waals surface area contributed by atoms with Crippen molar-refractivity contribution in [3.63, 3.8) is 0 Å². The number of H-pyrrole nitrogens is 1. The minimum absolute atomic E-state index is 0.209. The van der Waals surface area contributed by atoms with Crippen molar-refractivity contribution in [1.29, 1.82) is 0 Å². The van der Waals surface area contributed by atoms with Gasteiger partial charge in [-0.3, -0.25) is 0 Å². The Kier molecular flexibility index (Phi) is 4.57. The number of hydrogen-bond acceptors (Lipinski definition) is 2. The molecule has 0 radical (unpaired) electrons. The molecule has 0 saturated heterocycles. The van der Waals surface area contributed by atoms with E-state index < -0.39 is 5.60 Å². The van der Waals surface area contributed by atoms with Crippen molar-refractivity contribution >= 4 is 16.9 Å². The Morgan fingerprint density at radius 3 is 2.83 bits per heavy atom. The fourth-order valence-electron chi connectivity index (χ4n) is 3.16. The van der Waals surface area contributed by atoms with Gasteiger partial charge in [-0.05, 0) is 43.2 Å². The second kappa shape index (κ2) is 6.62. The van der Waals surface area contributed by atoms with Crippen LogP contribution in [0.2, 0.25) is 0 Å². The van der Waals surface area contributed by atoms with Crippen LogP contribution in [0.5, 0.6) is 0 Å². The van der Waals surface area contributed by atoms with E-state index >= 15 is 0 Å². The van der Waals surface area contributed by atoms with Gasteiger partial charge in [-0.2, -0.15) is 0 Å². The van der Waals surface area contributed by atoms with Gasteiger partial charge in [-0.15, -0.1) is 0 Å². The van der Waals surface area contributed by atoms with E-state index in [0.717, 1.165) is 32.1 Å². The van der Waals surface area contributed by atoms with Crippen LogP contribution in [-0.2, 0) is 12.8 Å². The number of aliphatic hydroxyl groups is 1. The van der Waals surface area contributed by atoms with Gasteiger partial charge in [0.25, 0.3) is 0 Å². The molecule has 2 aromatic rings. The van der Waals surface area contributed by atoms with Crippen LogP contribution in [0.1, 0.15) is 37.3 Å². The van der Waals surface area contributed by atoms with E-state index in [1.807, 2.05) is 6.20 Å². The van der Waals surface area contributed by atoms with Crippen molar-refractivity contribution in [3.05, 3.63) is 35.5 Å². The molecule has 5 heteroatoms. The van der Waals surface area contributed by atoms with Gasteiger partial charge in [0.1, 0.15) is 0 Å². The number of benzene rings is 1. The zero-order valence-electron chi connectivity index (χ0n) is 13.6. The maximum atomic E-state index is 11.8. The van der Waals surface area contributed by atoms with Crippen LogP contribution in [0.25, 0.3) is 10.9 Å². The van der Waals surface area contributed by atoms with E-state index in [1.165, 1.54) is 22.0 Å². The smallest absolute Gasteiger partial charge is 0.314 e. The molecule has 1 aliphatic rings. The molecular formula is C18H25N3O2. The maximum Gasteiger partial charge on any atom is 0.314 e. The normalized spacial score (nSPS) is 16.1. The summed E-state index contributed by atoms with van der Waals surface area (Å²) in [5.74, 6) is 0. The molecule has 1 saturated carbocycles. The van der Waals surface area contributed by atoms with Crippen LogP contribution in [0.15, 0.2) is 24.4 Å². The number of carbonyl (C=O) groups is 1. The summed E-state index contributed by atoms with van der Waals surface area (Å²) in [6, 6.07) is 6.13. The molecule has 2 amide bonds. The zero-order valence-corrected chi connectivity index (χ0v) is 13.6. The van der Waals surface area contributed by atoms with Crippen LogP contribution in [0.3, 0.4) is 0 Å². The molecule has 0 atom stereocenters. The number of carbonyl (C=O) groups excluding carboxylic acids is 1. The number of rotatable bonds is 6. The number of nitrogens with one attached hydrogen (secondary N) is 3. The molecule has 1 aliphatic carbocycles. The number of aromatic nitrogens is 1. The summed E-state index contributed by atoms with van der Waals surface area (Å²) < 4.78 is 0. The average Bonchev–Trinajstić information content (AvgIpc) is 2.94. The number of aromatic amines is 1. The molecule has 3 rings (SSSR count). The molecule has 0 spiro atoms. The summed E-state index contributed by atoms with van der Waals surface area (Å²) in [7, 11) is 0. The summed E-state index contributed by atoms with van der Waals surface area (Å²) in [5, 5.41) is 16.8. The van der Waals surface area contributed by atoms with E-state index in [4.69, 9.17) is 0 Å². The SMILES string of the molecule is CCc1cccc2c(CCNC(=O)NCC3(O)CCC3)c[nH]c12. The number of urea groups is 1. The fraction of sp³-hybridized carbons (Fsp3) is 0.500. The monoisotopic (exact) mass is 315 g/mol. The minimum Gasteiger partial charge on any atom is -0.388 e. The van der Waals surface area contributed by atoms with Crippen LogP contribution in [0, 0.1) is 0 Å². The second-order valence-electron chi connectivity index (χ2n) is 6.44. The first kappa shape index (κ1) is 15.9. The van der Waals surface area contributed by atoms with Crippen molar-refractivity contribution in [3.8, 4) is 0 Å². The first-order chi connectivity index (χ1) is 11.1. The van der Waals surface area contributed by atoms with E-state index in [1.54, 1.807) is 0 Å². The molecule has 4 N–H and O–H groups in total. The van der Waals surface area contributed by atoms with Crippen molar-refractivity contribution in [2.24, 2.45) is 0 Å². The first-order valence-corrected chi connectivity index (χ1v) is 8.43. The standard InChI is InChI=1S/C18H25N3O2/c1-2-13-5-3-6-15-14(11-20-16(13)15)7-10-19-17(22)21-12-18(23)8-4-9-18/h3,5-6,11,20,23H,2,4,7-10,12H2,1H3,(H2,19,21,22). The molecular weight excluding hydrogens is 290 g/mol. The molecule has 0 bridgehead atoms. The van der Waals surface area contributed by atoms with Gasteiger partial charge in [-0.25, -0.2) is 4.79 Å². The maximum absolute atomic E-state index is 11.8. The molecule has 124 valence electrons. The van der Waals surface area contributed by atoms with Gasteiger partial charge in [0.2, 0.25) is 0 Å². The Morgan fingerprint density at radius 2 is 2.13 bits per heavy atom. The Balaban J connectivity index is 1.50. The minimum atomic E-state index is -0.676. The molecule has 23 heavy (non-hydrogen) atoms. The number of fused-ring (bicyclic) bond motifs is 1. The number of hydrogen-bond donors (Lipinski definition) is 4. The lowest BCUT2D eigenvalue weighted by Gasteiger charge is -2.36. The summed E-state index contributed by atoms with van der Waals surface area (Å²) in [5.41, 5.74) is 3.05. The summed E-state index contributed by atoms with van der Waals surface area (Å²) in [6.45, 7) is 3.07. The largest absolute Gasteiger partial charge is 0.388 e. The lowest BCUT2D eigenvalue weighted by molar-refractivity contribution is -0.0290. The van der Waals surface area contributed by atoms with Crippen LogP contribution < -0.4 is 10.6 Å². The highest BCUT2D eigenvalue weighted by Gasteiger charge is 2.34. The van der Waals surface area contributed by atoms with Crippen LogP contribution >= 0.6 is 0 Å². The fourth-order valence-corrected chi connectivity index (χ4v) is 3.16. The van der Waals surface area contributed by atoms with E-state index in [2.05, 4.69) is 40.7 Å². The Bertz CT molecular complexity index is 689. The molecule has 1 aromatic heterocycles. The highest BCUT2D eigenvalue weighted by molar-refractivity contribution is 5.86. The lowest BCUT2D eigenvalue weighted by Crippen LogP contribution is -2.50. The Labute approximate surface area is 136 Å². The molecule has 1 aromatic carbocycles. The highest BCUT2D eigenvalue weighted by atomic mass is 16.3. The van der Waals surface area contributed by atoms with Gasteiger partial charge in [0, 0.05) is 30.2 Å². The van der Waals surface area contributed by atoms with E-state index in [-0.39, 0.29) is 6.03 Å². The quantitative estimate of drug-likeness (QED) is 0.661. The van der Waals surface area contributed by atoms with Gasteiger partial charge in [0.15, 0.2) is 0 Å². The molecule has 1 fully saturated rings. The third-order valence-corrected chi connectivity index (χ3v) is 4.81. The Hall–Kier alpha value is -2.01. The number of para-hydroxylation sites is 1. The van der Waals surface area contributed by atoms with Gasteiger partial charge >= 0.3 is 6.03 Å². The third kappa shape index (κ3) is 3.50. The van der Waals surface area contributed by atoms with Crippen molar-refractivity contribution < 1.29 is 9.90 Å². The first-order valence-electron chi connectivity index (χ1n) is 8.43. The lowest BCUT2D eigenvalue weighted by atomic mass is 9.80. The summed E-state index contributed by atoms with van der Waals surface area (Å²) in [6.07, 6.45) is 6.41. The van der Waals surface area contributed by atoms with Gasteiger partial charge < -0.3 is 20.7 Å². The predicted molar refractivity (Wildman–Crippen MR) is 91.6 cm³/mol. The molecule has 5 nitrogen and oxygen atoms in total. The van der Waals surface area contributed by atoms with Crippen LogP contribution in [0.4, 0.5) is 4.79 Å². The van der Waals surface area contributed by atoms with Crippen molar-refractivity contribution in [2.75, 3.05) is 13.1 Å². The predicted octanol–water partition coefficient (Wildman–Crippen LogP) is 2.49. The topological polar surface area (TPSA) is 77.2 Å². The third-order valence-electron chi connectivity index (χ3n) is 4.81. The van der Waals surface area contributed by atoms with Crippen molar-refractivity contribution in [2.45, 2.75) is 44.6 Å². The zero-order chi connectivity index (χ0) is 16.3. The number of amides is 2. The number of aryl methyl sites for hydroxylation is 1. The summed E-state index contributed by atoms with van der Waals surface area (Å²) >= 11 is 0. The second-order valence-corrected chi connectivity index (χ2v) is 6.44. The van der Waals surface area contributed by atoms with Crippen LogP contribution in [-0.4, -0.2) is 34.8 Å². The van der Waals surface area contributed by atoms with Gasteiger partial charge in [0.05, 0.1) is 5.60 Å². The highest BCUT2D eigenvalue weighted by Crippen LogP contribution is 2.30. The van der Waals surface area contributed by atoms with E-state index in [0.29, 0.717) is 13.1 Å². The summed E-state index contributed by atoms with van der Waals surface area (Å²) in [4.78, 5) is 15.1. The molecule has 1 heterocycles. The van der Waals surface area contributed by atoms with Gasteiger partial charge in [-0.1, -0.05) is 25.1 Å². The average molecular weight is 315 g/mol. The molecule has 0 unspecified atom stereocenters. The molecule has 0 aliphatic heterocycles. The van der Waals surface area contributed by atoms with E-state index in [9.17, 15) is 9.90 Å². The Morgan fingerprint density at radius 1 is 1.30 bits per heavy atom. The van der Waals surface area contributed by atoms with Crippen molar-refractivity contribution in [1.82, 2.24) is 15.6 Å².